The van der Waals surface area contributed by atoms with Crippen LogP contribution in [0.25, 0.3) is 41.5 Å². The molecule has 2 aliphatic heterocycles. The van der Waals surface area contributed by atoms with Crippen LogP contribution in [0.4, 0.5) is 11.4 Å². The number of hydrogen-bond acceptors (Lipinski definition) is 3. The molecule has 138 valence electrons. The third-order valence-corrected chi connectivity index (χ3v) is 6.13. The Morgan fingerprint density at radius 3 is 2.89 bits per heavy atom. The van der Waals surface area contributed by atoms with Gasteiger partial charge in [0.25, 0.3) is 0 Å². The van der Waals surface area contributed by atoms with E-state index in [-0.39, 0.29) is 6.17 Å². The Hall–Kier alpha value is -3.20. The minimum absolute atomic E-state index is 0.109. The number of anilines is 2. The number of nitrogens with one attached hydrogen (secondary N) is 1. The minimum Gasteiger partial charge on any atom is -0.455 e. The number of allylic oxidation sites excluding steroid dienone is 1. The van der Waals surface area contributed by atoms with Crippen LogP contribution in [-0.2, 0) is 6.42 Å². The number of fused-ring (bicyclic) bond motifs is 8. The summed E-state index contributed by atoms with van der Waals surface area (Å²) in [5, 5.41) is 8.93. The van der Waals surface area contributed by atoms with Crippen molar-refractivity contribution in [2.45, 2.75) is 32.9 Å². The molecule has 2 aromatic carbocycles. The minimum atomic E-state index is 0.109. The molecular weight excluding hydrogens is 344 g/mol. The van der Waals surface area contributed by atoms with E-state index in [1.807, 2.05) is 12.1 Å². The van der Waals surface area contributed by atoms with Gasteiger partial charge in [0.1, 0.15) is 11.7 Å². The average molecular weight is 366 g/mol. The van der Waals surface area contributed by atoms with Crippen LogP contribution in [0.5, 0.6) is 0 Å². The molecule has 0 saturated heterocycles. The van der Waals surface area contributed by atoms with Crippen LogP contribution in [0.3, 0.4) is 0 Å². The lowest BCUT2D eigenvalue weighted by Crippen LogP contribution is -2.42. The largest absolute Gasteiger partial charge is 0.455 e. The molecule has 6 rings (SSSR count). The number of para-hydroxylation sites is 1. The molecule has 0 radical (unpaired) electrons. The van der Waals surface area contributed by atoms with Gasteiger partial charge in [0, 0.05) is 21.4 Å². The van der Waals surface area contributed by atoms with Crippen molar-refractivity contribution >= 4 is 52.8 Å². The SMILES string of the molecule is C/C=C\c1c2c(c3c(c1CC)=CCC=3)N1C=c3oc4ccccc4c3=CC1N2. The molecule has 3 heteroatoms. The Kier molecular flexibility index (Phi) is 3.19. The summed E-state index contributed by atoms with van der Waals surface area (Å²) < 4.78 is 6.17. The molecule has 1 aliphatic carbocycles. The third kappa shape index (κ3) is 1.94. The van der Waals surface area contributed by atoms with E-state index in [1.165, 1.54) is 43.5 Å². The van der Waals surface area contributed by atoms with Gasteiger partial charge in [-0.25, -0.2) is 0 Å². The summed E-state index contributed by atoms with van der Waals surface area (Å²) in [6.45, 7) is 4.35. The molecule has 0 spiro atoms. The fourth-order valence-electron chi connectivity index (χ4n) is 4.99. The monoisotopic (exact) mass is 366 g/mol. The van der Waals surface area contributed by atoms with Gasteiger partial charge in [0.15, 0.2) is 5.42 Å². The molecule has 1 aromatic heterocycles. The summed E-state index contributed by atoms with van der Waals surface area (Å²) >= 11 is 0. The summed E-state index contributed by atoms with van der Waals surface area (Å²) in [7, 11) is 0. The first-order chi connectivity index (χ1) is 13.8. The van der Waals surface area contributed by atoms with Gasteiger partial charge in [-0.05, 0) is 42.7 Å². The number of hydrogen-bond donors (Lipinski definition) is 1. The van der Waals surface area contributed by atoms with Crippen LogP contribution in [0.1, 0.15) is 31.4 Å². The fraction of sp³-hybridized carbons (Fsp3) is 0.200. The summed E-state index contributed by atoms with van der Waals surface area (Å²) in [5.41, 5.74) is 7.17. The first-order valence-corrected chi connectivity index (χ1v) is 10.1. The number of benzene rings is 2. The molecule has 1 unspecified atom stereocenters. The molecular formula is C25H22N2O. The number of rotatable bonds is 2. The lowest BCUT2D eigenvalue weighted by atomic mass is 9.97. The number of nitrogens with zero attached hydrogens (tertiary/aromatic N) is 1. The topological polar surface area (TPSA) is 28.4 Å². The molecule has 0 fully saturated rings. The molecule has 3 nitrogen and oxygen atoms in total. The van der Waals surface area contributed by atoms with Crippen LogP contribution in [0.15, 0.2) is 34.8 Å². The van der Waals surface area contributed by atoms with Crippen molar-refractivity contribution in [3.05, 3.63) is 62.5 Å². The van der Waals surface area contributed by atoms with Gasteiger partial charge in [-0.1, -0.05) is 49.4 Å². The van der Waals surface area contributed by atoms with Crippen molar-refractivity contribution in [3.63, 3.8) is 0 Å². The lowest BCUT2D eigenvalue weighted by molar-refractivity contribution is 0.571. The predicted molar refractivity (Wildman–Crippen MR) is 118 cm³/mol. The molecule has 3 heterocycles. The first-order valence-electron chi connectivity index (χ1n) is 10.1. The second-order valence-electron chi connectivity index (χ2n) is 7.61. The normalized spacial score (nSPS) is 18.5. The summed E-state index contributed by atoms with van der Waals surface area (Å²) in [6.07, 6.45) is 15.8. The van der Waals surface area contributed by atoms with Crippen LogP contribution in [0.2, 0.25) is 0 Å². The van der Waals surface area contributed by atoms with E-state index in [0.29, 0.717) is 0 Å². The molecule has 1 atom stereocenters. The average Bonchev–Trinajstić information content (AvgIpc) is 3.41. The predicted octanol–water partition coefficient (Wildman–Crippen LogP) is 2.78. The maximum absolute atomic E-state index is 6.17. The smallest absolute Gasteiger partial charge is 0.151 e. The summed E-state index contributed by atoms with van der Waals surface area (Å²) in [5.74, 6) is 0. The third-order valence-electron chi connectivity index (χ3n) is 6.13. The second-order valence-corrected chi connectivity index (χ2v) is 7.61. The van der Waals surface area contributed by atoms with Crippen molar-refractivity contribution in [1.29, 1.82) is 0 Å². The van der Waals surface area contributed by atoms with Gasteiger partial charge in [-0.15, -0.1) is 0 Å². The number of furan rings is 1. The van der Waals surface area contributed by atoms with Crippen molar-refractivity contribution in [3.8, 4) is 0 Å². The first kappa shape index (κ1) is 15.8. The van der Waals surface area contributed by atoms with Crippen molar-refractivity contribution in [2.75, 3.05) is 10.2 Å². The van der Waals surface area contributed by atoms with Gasteiger partial charge >= 0.3 is 0 Å². The zero-order valence-corrected chi connectivity index (χ0v) is 16.1. The highest BCUT2D eigenvalue weighted by Crippen LogP contribution is 2.38. The molecule has 0 bridgehead atoms. The highest BCUT2D eigenvalue weighted by molar-refractivity contribution is 5.94. The summed E-state index contributed by atoms with van der Waals surface area (Å²) in [6, 6.07) is 8.28. The Bertz CT molecular complexity index is 1420. The van der Waals surface area contributed by atoms with Crippen LogP contribution < -0.4 is 31.3 Å². The Morgan fingerprint density at radius 1 is 1.18 bits per heavy atom. The maximum atomic E-state index is 6.17. The van der Waals surface area contributed by atoms with E-state index in [1.54, 1.807) is 0 Å². The maximum Gasteiger partial charge on any atom is 0.151 e. The van der Waals surface area contributed by atoms with Crippen molar-refractivity contribution in [1.82, 2.24) is 0 Å². The van der Waals surface area contributed by atoms with E-state index in [4.69, 9.17) is 4.42 Å². The quantitative estimate of drug-likeness (QED) is 0.756. The van der Waals surface area contributed by atoms with Gasteiger partial charge < -0.3 is 14.6 Å². The second kappa shape index (κ2) is 5.65. The molecule has 0 saturated carbocycles. The zero-order valence-electron chi connectivity index (χ0n) is 16.1. The van der Waals surface area contributed by atoms with E-state index in [2.05, 4.69) is 72.8 Å². The van der Waals surface area contributed by atoms with Crippen molar-refractivity contribution < 1.29 is 4.42 Å². The molecule has 1 N–H and O–H groups in total. The van der Waals surface area contributed by atoms with E-state index >= 15 is 0 Å². The molecule has 28 heavy (non-hydrogen) atoms. The zero-order chi connectivity index (χ0) is 18.8. The molecule has 0 amide bonds. The highest BCUT2D eigenvalue weighted by Gasteiger charge is 2.33. The highest BCUT2D eigenvalue weighted by atomic mass is 16.3. The van der Waals surface area contributed by atoms with Crippen molar-refractivity contribution in [2.24, 2.45) is 0 Å². The van der Waals surface area contributed by atoms with Crippen LogP contribution >= 0.6 is 0 Å². The van der Waals surface area contributed by atoms with E-state index in [9.17, 15) is 0 Å². The lowest BCUT2D eigenvalue weighted by Gasteiger charge is -2.22. The molecule has 3 aromatic rings. The Morgan fingerprint density at radius 2 is 2.04 bits per heavy atom. The van der Waals surface area contributed by atoms with Gasteiger partial charge in [0.2, 0.25) is 0 Å². The Labute approximate surface area is 163 Å². The van der Waals surface area contributed by atoms with Gasteiger partial charge in [-0.2, -0.15) is 0 Å². The summed E-state index contributed by atoms with van der Waals surface area (Å²) in [4.78, 5) is 2.35. The van der Waals surface area contributed by atoms with E-state index in [0.717, 1.165) is 23.8 Å². The standard InChI is InChI=1S/C25H22N2O/c1-3-8-18-15(4-2)16-10-7-11-19(16)25-24(18)26-23-13-20-17-9-5-6-12-21(17)28-22(20)14-27(23)25/h3,5-6,8-14,23,26H,4,7H2,1-2H3/b8-3-. The Balaban J connectivity index is 1.68. The van der Waals surface area contributed by atoms with E-state index < -0.39 is 0 Å². The van der Waals surface area contributed by atoms with Gasteiger partial charge in [0.05, 0.1) is 17.6 Å². The van der Waals surface area contributed by atoms with Crippen LogP contribution in [-0.4, -0.2) is 6.17 Å². The fourth-order valence-corrected chi connectivity index (χ4v) is 4.99. The van der Waals surface area contributed by atoms with Gasteiger partial charge in [-0.3, -0.25) is 0 Å². The van der Waals surface area contributed by atoms with Crippen LogP contribution in [0, 0.1) is 0 Å². The molecule has 3 aliphatic rings.